The van der Waals surface area contributed by atoms with Crippen molar-refractivity contribution in [3.63, 3.8) is 0 Å². The first-order valence-corrected chi connectivity index (χ1v) is 10.9. The van der Waals surface area contributed by atoms with Gasteiger partial charge in [0.15, 0.2) is 5.58 Å². The van der Waals surface area contributed by atoms with Crippen molar-refractivity contribution >= 4 is 25.2 Å². The van der Waals surface area contributed by atoms with Gasteiger partial charge in [-0.1, -0.05) is 20.8 Å². The first-order chi connectivity index (χ1) is 11.2. The lowest BCUT2D eigenvalue weighted by molar-refractivity contribution is 0.491. The van der Waals surface area contributed by atoms with Gasteiger partial charge in [-0.05, 0) is 42.4 Å². The molecule has 0 aliphatic heterocycles. The molecular weight excluding hydrogens is 318 g/mol. The molecular formula is C18H23N3O2Si. The Balaban J connectivity index is 1.93. The quantitative estimate of drug-likeness (QED) is 0.689. The standard InChI is InChI=1S/C18H23N3O2Si/c1-18(2,3)24(4,5)23-13-7-8-14-15(10-13)22-17(21-14)12-6-9-16(19)20-11-12/h6-11H,1-5H3,(H2,19,20). The number of oxazole rings is 1. The summed E-state index contributed by atoms with van der Waals surface area (Å²) in [5, 5.41) is 0.143. The second kappa shape index (κ2) is 5.63. The zero-order chi connectivity index (χ0) is 17.5. The molecule has 2 aromatic heterocycles. The van der Waals surface area contributed by atoms with Gasteiger partial charge in [0, 0.05) is 12.3 Å². The molecule has 0 radical (unpaired) electrons. The van der Waals surface area contributed by atoms with Crippen molar-refractivity contribution in [2.24, 2.45) is 0 Å². The van der Waals surface area contributed by atoms with Crippen LogP contribution in [0.3, 0.4) is 0 Å². The van der Waals surface area contributed by atoms with Gasteiger partial charge in [-0.2, -0.15) is 0 Å². The van der Waals surface area contributed by atoms with Crippen LogP contribution in [0, 0.1) is 0 Å². The van der Waals surface area contributed by atoms with Crippen LogP contribution in [0.4, 0.5) is 5.82 Å². The van der Waals surface area contributed by atoms with Crippen LogP contribution in [-0.2, 0) is 0 Å². The summed E-state index contributed by atoms with van der Waals surface area (Å²) in [5.74, 6) is 1.83. The molecule has 0 unspecified atom stereocenters. The zero-order valence-electron chi connectivity index (χ0n) is 14.8. The normalized spacial score (nSPS) is 12.5. The second-order valence-corrected chi connectivity index (χ2v) is 12.2. The molecule has 6 heteroatoms. The molecule has 0 aliphatic rings. The lowest BCUT2D eigenvalue weighted by atomic mass is 10.2. The Labute approximate surface area is 143 Å². The van der Waals surface area contributed by atoms with Crippen LogP contribution in [0.5, 0.6) is 5.75 Å². The minimum Gasteiger partial charge on any atom is -0.543 e. The van der Waals surface area contributed by atoms with E-state index < -0.39 is 8.32 Å². The molecule has 126 valence electrons. The van der Waals surface area contributed by atoms with Crippen molar-refractivity contribution in [1.29, 1.82) is 0 Å². The van der Waals surface area contributed by atoms with E-state index in [0.717, 1.165) is 16.8 Å². The number of hydrogen-bond acceptors (Lipinski definition) is 5. The molecule has 1 aromatic carbocycles. The summed E-state index contributed by atoms with van der Waals surface area (Å²) in [6, 6.07) is 9.37. The van der Waals surface area contributed by atoms with E-state index in [9.17, 15) is 0 Å². The number of benzene rings is 1. The Morgan fingerprint density at radius 3 is 2.50 bits per heavy atom. The number of aromatic nitrogens is 2. The maximum absolute atomic E-state index is 6.33. The smallest absolute Gasteiger partial charge is 0.250 e. The monoisotopic (exact) mass is 341 g/mol. The summed E-state index contributed by atoms with van der Waals surface area (Å²) < 4.78 is 12.2. The summed E-state index contributed by atoms with van der Waals surface area (Å²) in [4.78, 5) is 8.58. The highest BCUT2D eigenvalue weighted by Gasteiger charge is 2.39. The fraction of sp³-hybridized carbons (Fsp3) is 0.333. The van der Waals surface area contributed by atoms with E-state index in [1.807, 2.05) is 24.3 Å². The van der Waals surface area contributed by atoms with E-state index in [1.54, 1.807) is 12.3 Å². The highest BCUT2D eigenvalue weighted by molar-refractivity contribution is 6.74. The van der Waals surface area contributed by atoms with Gasteiger partial charge in [-0.15, -0.1) is 0 Å². The SMILES string of the molecule is CC(C)(C)[Si](C)(C)Oc1ccc2nc(-c3ccc(N)nc3)oc2c1. The first-order valence-electron chi connectivity index (χ1n) is 7.97. The summed E-state index contributed by atoms with van der Waals surface area (Å²) >= 11 is 0. The van der Waals surface area contributed by atoms with Crippen molar-refractivity contribution in [2.45, 2.75) is 38.9 Å². The topological polar surface area (TPSA) is 74.2 Å². The van der Waals surface area contributed by atoms with Crippen molar-refractivity contribution < 1.29 is 8.84 Å². The molecule has 3 rings (SSSR count). The Morgan fingerprint density at radius 2 is 1.88 bits per heavy atom. The van der Waals surface area contributed by atoms with Gasteiger partial charge in [0.2, 0.25) is 14.2 Å². The van der Waals surface area contributed by atoms with Crippen molar-refractivity contribution in [2.75, 3.05) is 5.73 Å². The molecule has 5 nitrogen and oxygen atoms in total. The number of nitrogens with zero attached hydrogens (tertiary/aromatic N) is 2. The minimum absolute atomic E-state index is 0.143. The number of hydrogen-bond donors (Lipinski definition) is 1. The third-order valence-corrected chi connectivity index (χ3v) is 8.93. The van der Waals surface area contributed by atoms with Crippen LogP contribution in [0.15, 0.2) is 40.9 Å². The molecule has 0 saturated heterocycles. The van der Waals surface area contributed by atoms with Crippen LogP contribution in [-0.4, -0.2) is 18.3 Å². The Hall–Kier alpha value is -2.34. The van der Waals surface area contributed by atoms with E-state index in [1.165, 1.54) is 0 Å². The highest BCUT2D eigenvalue weighted by Crippen LogP contribution is 2.38. The summed E-state index contributed by atoms with van der Waals surface area (Å²) in [6.45, 7) is 11.1. The van der Waals surface area contributed by atoms with E-state index in [0.29, 0.717) is 17.3 Å². The Morgan fingerprint density at radius 1 is 1.12 bits per heavy atom. The van der Waals surface area contributed by atoms with Gasteiger partial charge in [-0.3, -0.25) is 0 Å². The minimum atomic E-state index is -1.88. The lowest BCUT2D eigenvalue weighted by Gasteiger charge is -2.36. The predicted molar refractivity (Wildman–Crippen MR) is 99.5 cm³/mol. The number of rotatable bonds is 3. The highest BCUT2D eigenvalue weighted by atomic mass is 28.4. The van der Waals surface area contributed by atoms with Crippen LogP contribution in [0.2, 0.25) is 18.1 Å². The number of nitrogen functional groups attached to an aromatic ring is 1. The van der Waals surface area contributed by atoms with Crippen molar-refractivity contribution in [3.8, 4) is 17.2 Å². The maximum Gasteiger partial charge on any atom is 0.250 e. The van der Waals surface area contributed by atoms with Gasteiger partial charge in [0.05, 0.1) is 5.56 Å². The summed E-state index contributed by atoms with van der Waals surface area (Å²) in [6.07, 6.45) is 1.66. The molecule has 2 N–H and O–H groups in total. The average Bonchev–Trinajstić information content (AvgIpc) is 2.89. The number of fused-ring (bicyclic) bond motifs is 1. The molecule has 2 heterocycles. The molecule has 24 heavy (non-hydrogen) atoms. The predicted octanol–water partition coefficient (Wildman–Crippen LogP) is 4.86. The van der Waals surface area contributed by atoms with Crippen molar-refractivity contribution in [3.05, 3.63) is 36.5 Å². The number of nitrogens with two attached hydrogens (primary N) is 1. The van der Waals surface area contributed by atoms with Gasteiger partial charge in [0.25, 0.3) is 0 Å². The van der Waals surface area contributed by atoms with Gasteiger partial charge < -0.3 is 14.6 Å². The molecule has 0 atom stereocenters. The van der Waals surface area contributed by atoms with E-state index in [2.05, 4.69) is 43.8 Å². The lowest BCUT2D eigenvalue weighted by Crippen LogP contribution is -2.43. The molecule has 0 amide bonds. The van der Waals surface area contributed by atoms with Crippen LogP contribution in [0.25, 0.3) is 22.6 Å². The molecule has 0 spiro atoms. The van der Waals surface area contributed by atoms with Crippen LogP contribution in [0.1, 0.15) is 20.8 Å². The maximum atomic E-state index is 6.33. The fourth-order valence-corrected chi connectivity index (χ4v) is 3.09. The summed E-state index contributed by atoms with van der Waals surface area (Å²) in [5.41, 5.74) is 7.92. The Bertz CT molecular complexity index is 864. The van der Waals surface area contributed by atoms with Crippen molar-refractivity contribution in [1.82, 2.24) is 9.97 Å². The van der Waals surface area contributed by atoms with Gasteiger partial charge in [-0.25, -0.2) is 9.97 Å². The molecule has 3 aromatic rings. The van der Waals surface area contributed by atoms with E-state index >= 15 is 0 Å². The van der Waals surface area contributed by atoms with Crippen LogP contribution < -0.4 is 10.2 Å². The third kappa shape index (κ3) is 3.14. The van der Waals surface area contributed by atoms with Gasteiger partial charge in [0.1, 0.15) is 17.1 Å². The summed E-state index contributed by atoms with van der Waals surface area (Å²) in [7, 11) is -1.88. The number of anilines is 1. The average molecular weight is 341 g/mol. The van der Waals surface area contributed by atoms with E-state index in [4.69, 9.17) is 14.6 Å². The zero-order valence-corrected chi connectivity index (χ0v) is 15.8. The molecule has 0 bridgehead atoms. The molecule has 0 saturated carbocycles. The molecule has 0 fully saturated rings. The Kier molecular flexibility index (Phi) is 3.87. The largest absolute Gasteiger partial charge is 0.543 e. The number of pyridine rings is 1. The van der Waals surface area contributed by atoms with Gasteiger partial charge >= 0.3 is 0 Å². The van der Waals surface area contributed by atoms with E-state index in [-0.39, 0.29) is 5.04 Å². The second-order valence-electron chi connectivity index (χ2n) is 7.48. The first kappa shape index (κ1) is 16.5. The third-order valence-electron chi connectivity index (χ3n) is 4.57. The molecule has 0 aliphatic carbocycles. The van der Waals surface area contributed by atoms with Crippen LogP contribution >= 0.6 is 0 Å². The fourth-order valence-electron chi connectivity index (χ4n) is 2.07.